The van der Waals surface area contributed by atoms with Crippen LogP contribution in [0.5, 0.6) is 5.75 Å². The van der Waals surface area contributed by atoms with Crippen LogP contribution < -0.4 is 4.74 Å². The van der Waals surface area contributed by atoms with Crippen molar-refractivity contribution < 1.29 is 24.2 Å². The zero-order valence-corrected chi connectivity index (χ0v) is 19.4. The Kier molecular flexibility index (Phi) is 8.73. The third kappa shape index (κ3) is 6.82. The first-order valence-corrected chi connectivity index (χ1v) is 11.4. The molecule has 0 fully saturated rings. The van der Waals surface area contributed by atoms with Crippen LogP contribution in [0.4, 0.5) is 0 Å². The highest BCUT2D eigenvalue weighted by Crippen LogP contribution is 2.24. The van der Waals surface area contributed by atoms with Crippen LogP contribution >= 0.6 is 0 Å². The van der Waals surface area contributed by atoms with Crippen molar-refractivity contribution in [1.82, 2.24) is 9.80 Å². The van der Waals surface area contributed by atoms with E-state index in [1.165, 1.54) is 0 Å². The van der Waals surface area contributed by atoms with E-state index in [4.69, 9.17) is 9.15 Å². The van der Waals surface area contributed by atoms with Gasteiger partial charge >= 0.3 is 0 Å². The zero-order valence-electron chi connectivity index (χ0n) is 19.4. The summed E-state index contributed by atoms with van der Waals surface area (Å²) >= 11 is 0. The zero-order chi connectivity index (χ0) is 23.1. The molecule has 0 saturated carbocycles. The Morgan fingerprint density at radius 2 is 1.91 bits per heavy atom. The number of amides is 1. The van der Waals surface area contributed by atoms with Gasteiger partial charge < -0.3 is 24.3 Å². The number of carbonyl (C=O) groups excluding carboxylic acids is 1. The van der Waals surface area contributed by atoms with Gasteiger partial charge in [0.05, 0.1) is 12.6 Å². The van der Waals surface area contributed by atoms with Crippen LogP contribution in [0.3, 0.4) is 0 Å². The van der Waals surface area contributed by atoms with E-state index < -0.39 is 12.2 Å². The lowest BCUT2D eigenvalue weighted by atomic mass is 10.0. The number of furan rings is 1. The number of rotatable bonds is 3. The van der Waals surface area contributed by atoms with Crippen molar-refractivity contribution in [2.24, 2.45) is 0 Å². The van der Waals surface area contributed by atoms with Crippen molar-refractivity contribution in [1.29, 1.82) is 0 Å². The molecule has 2 aromatic rings. The van der Waals surface area contributed by atoms with Crippen LogP contribution in [0.2, 0.25) is 0 Å². The van der Waals surface area contributed by atoms with E-state index >= 15 is 0 Å². The van der Waals surface area contributed by atoms with Crippen LogP contribution in [-0.4, -0.2) is 71.9 Å². The standard InChI is InChI=1S/C25H36N2O5/c1-18-8-10-21(32-18)16-27-13-6-4-5-7-19-15-20(25(30)26(2)3)9-11-24(19)31-17-23(29)22(28)12-14-27/h8-11,15,22-23,28-29H,4-7,12-14,16-17H2,1-3H3/t22-,23+/m0/s1. The molecule has 3 rings (SSSR count). The van der Waals surface area contributed by atoms with Crippen molar-refractivity contribution in [3.63, 3.8) is 0 Å². The Hall–Kier alpha value is -2.35. The molecule has 32 heavy (non-hydrogen) atoms. The van der Waals surface area contributed by atoms with E-state index in [-0.39, 0.29) is 12.5 Å². The lowest BCUT2D eigenvalue weighted by molar-refractivity contribution is -0.0165. The molecule has 0 bridgehead atoms. The second-order valence-corrected chi connectivity index (χ2v) is 8.86. The first kappa shape index (κ1) is 24.3. The van der Waals surface area contributed by atoms with Gasteiger partial charge in [-0.05, 0) is 75.0 Å². The normalized spacial score (nSPS) is 21.3. The number of hydrogen-bond acceptors (Lipinski definition) is 6. The molecule has 2 atom stereocenters. The molecule has 0 spiro atoms. The van der Waals surface area contributed by atoms with Gasteiger partial charge in [-0.3, -0.25) is 9.69 Å². The van der Waals surface area contributed by atoms with Gasteiger partial charge in [0.1, 0.15) is 30.0 Å². The van der Waals surface area contributed by atoms with Crippen molar-refractivity contribution in [2.75, 3.05) is 33.8 Å². The predicted octanol–water partition coefficient (Wildman–Crippen LogP) is 3.01. The fourth-order valence-corrected chi connectivity index (χ4v) is 3.99. The van der Waals surface area contributed by atoms with Crippen LogP contribution in [0.25, 0.3) is 0 Å². The number of benzene rings is 1. The largest absolute Gasteiger partial charge is 0.491 e. The molecular weight excluding hydrogens is 408 g/mol. The first-order valence-electron chi connectivity index (χ1n) is 11.4. The molecule has 1 amide bonds. The van der Waals surface area contributed by atoms with E-state index in [9.17, 15) is 15.0 Å². The molecule has 2 heterocycles. The summed E-state index contributed by atoms with van der Waals surface area (Å²) < 4.78 is 11.6. The highest BCUT2D eigenvalue weighted by atomic mass is 16.5. The summed E-state index contributed by atoms with van der Waals surface area (Å²) in [5.74, 6) is 2.42. The van der Waals surface area contributed by atoms with Crippen molar-refractivity contribution >= 4 is 5.91 Å². The average molecular weight is 445 g/mol. The molecular formula is C25H36N2O5. The maximum atomic E-state index is 12.4. The third-order valence-electron chi connectivity index (χ3n) is 5.90. The number of aliphatic hydroxyl groups excluding tert-OH is 2. The molecule has 7 heteroatoms. The Balaban J connectivity index is 1.71. The summed E-state index contributed by atoms with van der Waals surface area (Å²) in [4.78, 5) is 16.2. The van der Waals surface area contributed by atoms with Crippen LogP contribution in [0.1, 0.15) is 53.1 Å². The Bertz CT molecular complexity index is 879. The second-order valence-electron chi connectivity index (χ2n) is 8.86. The minimum absolute atomic E-state index is 0.00647. The molecule has 1 aliphatic heterocycles. The predicted molar refractivity (Wildman–Crippen MR) is 123 cm³/mol. The maximum absolute atomic E-state index is 12.4. The van der Waals surface area contributed by atoms with Gasteiger partial charge in [-0.15, -0.1) is 0 Å². The molecule has 1 aromatic carbocycles. The van der Waals surface area contributed by atoms with Gasteiger partial charge in [0.15, 0.2) is 0 Å². The van der Waals surface area contributed by atoms with E-state index in [1.807, 2.05) is 25.1 Å². The maximum Gasteiger partial charge on any atom is 0.253 e. The molecule has 176 valence electrons. The summed E-state index contributed by atoms with van der Waals surface area (Å²) in [6.07, 6.45) is 2.43. The molecule has 1 aromatic heterocycles. The number of aliphatic hydroxyl groups is 2. The fraction of sp³-hybridized carbons (Fsp3) is 0.560. The first-order chi connectivity index (χ1) is 15.3. The van der Waals surface area contributed by atoms with E-state index in [2.05, 4.69) is 4.90 Å². The van der Waals surface area contributed by atoms with Crippen molar-refractivity contribution in [2.45, 2.75) is 57.8 Å². The lowest BCUT2D eigenvalue weighted by Crippen LogP contribution is -2.36. The van der Waals surface area contributed by atoms with E-state index in [1.54, 1.807) is 31.1 Å². The van der Waals surface area contributed by atoms with Gasteiger partial charge in [-0.1, -0.05) is 6.42 Å². The van der Waals surface area contributed by atoms with Gasteiger partial charge in [0.25, 0.3) is 5.91 Å². The number of nitrogens with zero attached hydrogens (tertiary/aromatic N) is 2. The highest BCUT2D eigenvalue weighted by molar-refractivity contribution is 5.94. The molecule has 0 unspecified atom stereocenters. The number of hydrogen-bond donors (Lipinski definition) is 2. The molecule has 1 aliphatic rings. The topological polar surface area (TPSA) is 86.4 Å². The van der Waals surface area contributed by atoms with Gasteiger partial charge in [-0.25, -0.2) is 0 Å². The van der Waals surface area contributed by atoms with Crippen LogP contribution in [0, 0.1) is 6.92 Å². The highest BCUT2D eigenvalue weighted by Gasteiger charge is 2.21. The van der Waals surface area contributed by atoms with E-state index in [0.717, 1.165) is 49.3 Å². The summed E-state index contributed by atoms with van der Waals surface area (Å²) in [6.45, 7) is 4.19. The fourth-order valence-electron chi connectivity index (χ4n) is 3.99. The average Bonchev–Trinajstić information content (AvgIpc) is 3.18. The monoisotopic (exact) mass is 444 g/mol. The minimum Gasteiger partial charge on any atom is -0.491 e. The van der Waals surface area contributed by atoms with E-state index in [0.29, 0.717) is 30.8 Å². The number of fused-ring (bicyclic) bond motifs is 1. The quantitative estimate of drug-likeness (QED) is 0.757. The molecule has 0 saturated heterocycles. The molecule has 7 nitrogen and oxygen atoms in total. The SMILES string of the molecule is Cc1ccc(CN2CCCCCc3cc(C(=O)N(C)C)ccc3OC[C@@H](O)[C@@H](O)CC2)o1. The third-order valence-corrected chi connectivity index (χ3v) is 5.90. The smallest absolute Gasteiger partial charge is 0.253 e. The summed E-state index contributed by atoms with van der Waals surface area (Å²) in [7, 11) is 3.47. The summed E-state index contributed by atoms with van der Waals surface area (Å²) in [6, 6.07) is 9.38. The summed E-state index contributed by atoms with van der Waals surface area (Å²) in [5.41, 5.74) is 1.58. The van der Waals surface area contributed by atoms with Crippen molar-refractivity contribution in [3.8, 4) is 5.75 Å². The van der Waals surface area contributed by atoms with Gasteiger partial charge in [0.2, 0.25) is 0 Å². The van der Waals surface area contributed by atoms with Crippen LogP contribution in [0.15, 0.2) is 34.7 Å². The van der Waals surface area contributed by atoms with Gasteiger partial charge in [-0.2, -0.15) is 0 Å². The van der Waals surface area contributed by atoms with Gasteiger partial charge in [0, 0.05) is 26.2 Å². The minimum atomic E-state index is -0.985. The number of ether oxygens (including phenoxy) is 1. The Morgan fingerprint density at radius 1 is 1.09 bits per heavy atom. The molecule has 2 N–H and O–H groups in total. The second kappa shape index (κ2) is 11.5. The van der Waals surface area contributed by atoms with Crippen molar-refractivity contribution in [3.05, 3.63) is 53.0 Å². The molecule has 0 aliphatic carbocycles. The lowest BCUT2D eigenvalue weighted by Gasteiger charge is -2.25. The number of aryl methyl sites for hydroxylation is 2. The molecule has 0 radical (unpaired) electrons. The summed E-state index contributed by atoms with van der Waals surface area (Å²) in [5, 5.41) is 20.9. The number of carbonyl (C=O) groups is 1. The Morgan fingerprint density at radius 3 is 2.62 bits per heavy atom. The van der Waals surface area contributed by atoms with Crippen LogP contribution in [-0.2, 0) is 13.0 Å². The Labute approximate surface area is 190 Å².